The van der Waals surface area contributed by atoms with Crippen LogP contribution in [0.25, 0.3) is 0 Å². The van der Waals surface area contributed by atoms with Crippen LogP contribution in [-0.2, 0) is 14.6 Å². The van der Waals surface area contributed by atoms with Crippen molar-refractivity contribution >= 4 is 27.3 Å². The summed E-state index contributed by atoms with van der Waals surface area (Å²) >= 11 is 0. The van der Waals surface area contributed by atoms with Crippen molar-refractivity contribution in [1.29, 1.82) is 0 Å². The molecule has 0 bridgehead atoms. The van der Waals surface area contributed by atoms with Crippen molar-refractivity contribution in [3.8, 4) is 11.5 Å². The Hall–Kier alpha value is -3.48. The Morgan fingerprint density at radius 3 is 1.29 bits per heavy atom. The van der Waals surface area contributed by atoms with Gasteiger partial charge in [0.2, 0.25) is 0 Å². The average Bonchev–Trinajstić information content (AvgIpc) is 4.18. The fourth-order valence-electron chi connectivity index (χ4n) is 10.4. The molecule has 1 atom stereocenters. The third-order valence-corrected chi connectivity index (χ3v) is 17.8. The molecule has 11 nitrogen and oxygen atoms in total. The van der Waals surface area contributed by atoms with Gasteiger partial charge in [-0.25, -0.2) is 8.42 Å². The molecule has 12 heteroatoms. The number of benzene rings is 2. The van der Waals surface area contributed by atoms with E-state index in [0.29, 0.717) is 41.0 Å². The number of ether oxygens (including phenoxy) is 2. The minimum atomic E-state index is -2.72. The summed E-state index contributed by atoms with van der Waals surface area (Å²) in [6, 6.07) is 15.8. The molecular formula is C77H146N6O5S. The van der Waals surface area contributed by atoms with Crippen LogP contribution in [0.5, 0.6) is 11.5 Å². The largest absolute Gasteiger partial charge is 0.494 e. The molecule has 4 aliphatic rings. The monoisotopic (exact) mass is 1270 g/mol. The van der Waals surface area contributed by atoms with Crippen molar-refractivity contribution < 1.29 is 22.7 Å². The van der Waals surface area contributed by atoms with E-state index in [9.17, 15) is 13.2 Å². The van der Waals surface area contributed by atoms with E-state index in [0.717, 1.165) is 141 Å². The first-order valence-corrected chi connectivity index (χ1v) is 38.1. The Morgan fingerprint density at radius 1 is 0.539 bits per heavy atom. The van der Waals surface area contributed by atoms with E-state index in [4.69, 9.17) is 20.9 Å². The van der Waals surface area contributed by atoms with Gasteiger partial charge in [-0.15, -0.1) is 0 Å². The summed E-state index contributed by atoms with van der Waals surface area (Å²) in [4.78, 5) is 19.0. The van der Waals surface area contributed by atoms with Crippen molar-refractivity contribution in [2.45, 2.75) is 273 Å². The zero-order chi connectivity index (χ0) is 67.7. The SMILES string of the molecule is CC(=O)CCCC(C)C.CC(C)C1CCC1.CC(C)C1CCNC1.CC(C)C1CCNCC1.CC(C)CC1CCCCC1.CC(C)CCCS(C)(=O)=O.CC(C)CCOc1ccc(C(N)=NC(C)C)cc1.CCCN=C(N)c1ccc(OCCC(C)C)cc1. The molecule has 2 aromatic carbocycles. The van der Waals surface area contributed by atoms with Gasteiger partial charge in [0.15, 0.2) is 0 Å². The predicted molar refractivity (Wildman–Crippen MR) is 392 cm³/mol. The van der Waals surface area contributed by atoms with Crippen molar-refractivity contribution in [2.24, 2.45) is 92.5 Å². The maximum atomic E-state index is 10.6. The number of hydrogen-bond acceptors (Lipinski definition) is 9. The summed E-state index contributed by atoms with van der Waals surface area (Å²) in [5.74, 6) is 14.1. The number of aliphatic imine (C=N–C) groups is 2. The van der Waals surface area contributed by atoms with Crippen LogP contribution in [0.1, 0.15) is 278 Å². The zero-order valence-corrected chi connectivity index (χ0v) is 62.7. The maximum Gasteiger partial charge on any atom is 0.147 e. The number of amidine groups is 2. The molecule has 2 saturated carbocycles. The van der Waals surface area contributed by atoms with Gasteiger partial charge in [0.1, 0.15) is 38.8 Å². The number of hydrogen-bond donors (Lipinski definition) is 4. The molecule has 0 spiro atoms. The van der Waals surface area contributed by atoms with E-state index in [1.54, 1.807) is 6.92 Å². The summed E-state index contributed by atoms with van der Waals surface area (Å²) in [6.07, 6.45) is 26.9. The summed E-state index contributed by atoms with van der Waals surface area (Å²) in [5, 5.41) is 6.72. The number of ketones is 1. The van der Waals surface area contributed by atoms with E-state index < -0.39 is 9.84 Å². The van der Waals surface area contributed by atoms with Crippen LogP contribution in [0.15, 0.2) is 58.5 Å². The van der Waals surface area contributed by atoms with Crippen molar-refractivity contribution in [1.82, 2.24) is 10.6 Å². The van der Waals surface area contributed by atoms with Gasteiger partial charge in [0.05, 0.1) is 13.2 Å². The van der Waals surface area contributed by atoms with E-state index in [1.165, 1.54) is 116 Å². The summed E-state index contributed by atoms with van der Waals surface area (Å²) < 4.78 is 32.5. The average molecular weight is 1270 g/mol. The lowest BCUT2D eigenvalue weighted by Crippen LogP contribution is -2.29. The Morgan fingerprint density at radius 2 is 0.966 bits per heavy atom. The highest BCUT2D eigenvalue weighted by Crippen LogP contribution is 2.32. The second-order valence-electron chi connectivity index (χ2n) is 29.5. The van der Waals surface area contributed by atoms with Gasteiger partial charge in [-0.05, 0) is 224 Å². The van der Waals surface area contributed by atoms with Crippen LogP contribution in [0.2, 0.25) is 0 Å². The maximum absolute atomic E-state index is 10.6. The summed E-state index contributed by atoms with van der Waals surface area (Å²) in [6.45, 7) is 50.9. The zero-order valence-electron chi connectivity index (χ0n) is 61.9. The van der Waals surface area contributed by atoms with E-state index in [1.807, 2.05) is 62.4 Å². The lowest BCUT2D eigenvalue weighted by Gasteiger charge is -2.28. The lowest BCUT2D eigenvalue weighted by molar-refractivity contribution is -0.117. The summed E-state index contributed by atoms with van der Waals surface area (Å²) in [5.41, 5.74) is 13.7. The number of nitrogens with two attached hydrogens (primary N) is 2. The number of carbonyl (C=O) groups is 1. The standard InChI is InChI=1S/2C15H24N2O.C10H20.C8H17N.C8H16O.C7H15N.C7H16O2S.C7H14/c1-11(2)9-10-18-14-7-5-13(6-8-14)15(16)17-12(3)4;1-4-10-17-15(16)13-5-7-14(8-6-13)18-11-9-12(2)3;1-9(2)8-10-6-4-3-5-7-10;1-7(2)8-3-5-9-6-4-8;1-7(2)5-4-6-8(3)9;1-6(2)7-3-4-8-5-7;1-7(2)5-4-6-10(3,8)9;1-6(2)7-4-3-5-7/h5-8,11-12H,9-10H2,1-4H3,(H2,16,17);5-8,12H,4,9-11H2,1-3H3,(H2,16,17);9-10H,3-8H2,1-2H3;7-9H,3-6H2,1-2H3;7H,4-6H2,1-3H3;6-8H,3-5H2,1-2H3;7H,4-6H2,1-3H3;6-7H,3-5H2,1-2H3. The van der Waals surface area contributed by atoms with Gasteiger partial charge in [-0.2, -0.15) is 0 Å². The van der Waals surface area contributed by atoms with E-state index in [-0.39, 0.29) is 6.04 Å². The molecule has 2 aromatic rings. The highest BCUT2D eigenvalue weighted by Gasteiger charge is 2.20. The van der Waals surface area contributed by atoms with Gasteiger partial charge in [-0.3, -0.25) is 9.98 Å². The van der Waals surface area contributed by atoms with Crippen LogP contribution >= 0.6 is 0 Å². The molecule has 0 amide bonds. The number of sulfone groups is 1. The summed E-state index contributed by atoms with van der Waals surface area (Å²) in [7, 11) is -2.72. The van der Waals surface area contributed by atoms with Crippen LogP contribution in [0.3, 0.4) is 0 Å². The van der Waals surface area contributed by atoms with Crippen LogP contribution in [0.4, 0.5) is 0 Å². The number of rotatable bonds is 26. The minimum absolute atomic E-state index is 0.215. The first kappa shape index (κ1) is 87.6. The van der Waals surface area contributed by atoms with Crippen molar-refractivity contribution in [3.63, 3.8) is 0 Å². The molecule has 6 rings (SSSR count). The Labute approximate surface area is 552 Å². The number of carbonyl (C=O) groups excluding carboxylic acids is 1. The molecule has 4 fully saturated rings. The van der Waals surface area contributed by atoms with Crippen molar-refractivity contribution in [3.05, 3.63) is 59.7 Å². The first-order valence-electron chi connectivity index (χ1n) is 36.0. The third-order valence-electron chi connectivity index (χ3n) is 16.7. The molecule has 2 aliphatic heterocycles. The highest BCUT2D eigenvalue weighted by molar-refractivity contribution is 7.90. The second-order valence-corrected chi connectivity index (χ2v) is 31.8. The molecule has 2 saturated heterocycles. The molecule has 2 aliphatic carbocycles. The second kappa shape index (κ2) is 54.0. The quantitative estimate of drug-likeness (QED) is 0.0529. The minimum Gasteiger partial charge on any atom is -0.494 e. The molecule has 2 heterocycles. The molecule has 0 radical (unpaired) electrons. The molecule has 1 unspecified atom stereocenters. The van der Waals surface area contributed by atoms with Gasteiger partial charge >= 0.3 is 0 Å². The number of nitrogens with zero attached hydrogens (tertiary/aromatic N) is 2. The van der Waals surface area contributed by atoms with E-state index in [2.05, 4.69) is 138 Å². The Balaban J connectivity index is 0. The number of nitrogens with one attached hydrogen (secondary N) is 2. The van der Waals surface area contributed by atoms with Crippen LogP contribution < -0.4 is 31.6 Å². The van der Waals surface area contributed by atoms with Crippen molar-refractivity contribution in [2.75, 3.05) is 57.9 Å². The lowest BCUT2D eigenvalue weighted by atomic mass is 9.78. The fourth-order valence-corrected chi connectivity index (χ4v) is 11.1. The van der Waals surface area contributed by atoms with E-state index >= 15 is 0 Å². The molecule has 520 valence electrons. The Bertz CT molecular complexity index is 2110. The molecular weight excluding hydrogens is 1120 g/mol. The third kappa shape index (κ3) is 54.8. The first-order chi connectivity index (χ1) is 41.9. The van der Waals surface area contributed by atoms with Gasteiger partial charge in [0, 0.05) is 42.1 Å². The fraction of sp³-hybridized carbons (Fsp3) is 0.805. The van der Waals surface area contributed by atoms with Gasteiger partial charge in [-0.1, -0.05) is 182 Å². The number of piperidine rings is 1. The number of Topliss-reactive ketones (excluding diaryl/α,β-unsaturated/α-hetero) is 1. The molecule has 89 heavy (non-hydrogen) atoms. The normalized spacial score (nSPS) is 16.5. The molecule has 0 aromatic heterocycles. The van der Waals surface area contributed by atoms with Crippen LogP contribution in [-0.4, -0.2) is 89.9 Å². The predicted octanol–water partition coefficient (Wildman–Crippen LogP) is 19.3. The Kier molecular flexibility index (Phi) is 53.1. The smallest absolute Gasteiger partial charge is 0.147 e. The topological polar surface area (TPSA) is 170 Å². The van der Waals surface area contributed by atoms with Crippen LogP contribution in [0, 0.1) is 71.0 Å². The molecule has 6 N–H and O–H groups in total. The van der Waals surface area contributed by atoms with Gasteiger partial charge < -0.3 is 36.4 Å². The highest BCUT2D eigenvalue weighted by atomic mass is 32.2. The van der Waals surface area contributed by atoms with Gasteiger partial charge in [0.25, 0.3) is 0 Å².